The van der Waals surface area contributed by atoms with E-state index in [1.54, 1.807) is 24.4 Å². The molecule has 4 nitrogen and oxygen atoms in total. The summed E-state index contributed by atoms with van der Waals surface area (Å²) < 4.78 is 94.2. The molecule has 0 saturated carbocycles. The molecule has 0 saturated heterocycles. The molecule has 67 heavy (non-hydrogen) atoms. The van der Waals surface area contributed by atoms with Crippen LogP contribution in [0.2, 0.25) is 0 Å². The number of nitrogens with zero attached hydrogens (tertiary/aromatic N) is 3. The molecule has 0 amide bonds. The van der Waals surface area contributed by atoms with Crippen molar-refractivity contribution in [3.8, 4) is 67.5 Å². The minimum absolute atomic E-state index is 0. The number of rotatable bonds is 10. The minimum atomic E-state index is -3.38. The van der Waals surface area contributed by atoms with Crippen LogP contribution in [-0.2, 0) is 31.9 Å². The molecule has 8 aromatic rings. The minimum Gasteiger partial charge on any atom is -0.507 e. The molecule has 2 aromatic heterocycles. The van der Waals surface area contributed by atoms with Crippen LogP contribution in [0.1, 0.15) is 169 Å². The molecule has 0 bridgehead atoms. The molecule has 0 aliphatic rings. The number of phenolic OH excluding ortho intramolecular Hbond substituents is 1. The van der Waals surface area contributed by atoms with Gasteiger partial charge in [-0.1, -0.05) is 187 Å². The van der Waals surface area contributed by atoms with E-state index < -0.39 is 37.8 Å². The van der Waals surface area contributed by atoms with Gasteiger partial charge in [-0.3, -0.25) is 9.55 Å². The van der Waals surface area contributed by atoms with E-state index >= 15 is 0 Å². The molecule has 0 aliphatic heterocycles. The van der Waals surface area contributed by atoms with Gasteiger partial charge in [0.1, 0.15) is 11.6 Å². The molecule has 0 spiro atoms. The summed E-state index contributed by atoms with van der Waals surface area (Å²) in [5.41, 5.74) is 9.37. The van der Waals surface area contributed by atoms with E-state index in [9.17, 15) is 5.11 Å². The normalized spacial score (nSPS) is 15.5. The molecule has 6 aromatic carbocycles. The third-order valence-electron chi connectivity index (χ3n) is 12.6. The molecule has 348 valence electrons. The van der Waals surface area contributed by atoms with Crippen molar-refractivity contribution in [1.29, 1.82) is 0 Å². The van der Waals surface area contributed by atoms with Gasteiger partial charge in [-0.25, -0.2) is 4.98 Å². The van der Waals surface area contributed by atoms with Crippen LogP contribution in [0.25, 0.3) is 72.7 Å². The average molecular weight is 1080 g/mol. The number of benzene rings is 6. The number of para-hydroxylation sites is 1. The van der Waals surface area contributed by atoms with Crippen LogP contribution >= 0.6 is 0 Å². The van der Waals surface area contributed by atoms with E-state index in [-0.39, 0.29) is 49.6 Å². The Morgan fingerprint density at radius 1 is 0.612 bits per heavy atom. The molecule has 0 atom stereocenters. The molecular formula is C62H68N3OPt-. The van der Waals surface area contributed by atoms with Crippen LogP contribution in [0, 0.1) is 6.07 Å². The number of hydrogen-bond acceptors (Lipinski definition) is 3. The summed E-state index contributed by atoms with van der Waals surface area (Å²) in [5.74, 6) is -1.01. The van der Waals surface area contributed by atoms with Crippen molar-refractivity contribution >= 4 is 11.0 Å². The molecule has 0 unspecified atom stereocenters. The Hall–Kier alpha value is -5.57. The molecule has 2 heterocycles. The van der Waals surface area contributed by atoms with Crippen molar-refractivity contribution in [1.82, 2.24) is 14.5 Å². The van der Waals surface area contributed by atoms with Crippen molar-refractivity contribution in [2.24, 2.45) is 0 Å². The third-order valence-corrected chi connectivity index (χ3v) is 12.6. The largest absolute Gasteiger partial charge is 0.507 e. The molecule has 0 aliphatic carbocycles. The van der Waals surface area contributed by atoms with Gasteiger partial charge in [-0.2, -0.15) is 0 Å². The van der Waals surface area contributed by atoms with Crippen LogP contribution in [-0.4, -0.2) is 19.6 Å². The number of aromatic nitrogens is 3. The first kappa shape index (κ1) is 36.5. The first-order chi connectivity index (χ1) is 35.6. The number of imidazole rings is 1. The van der Waals surface area contributed by atoms with Gasteiger partial charge in [0, 0.05) is 53.7 Å². The number of aromatic hydroxyl groups is 1. The Balaban J connectivity index is 0.00000882. The summed E-state index contributed by atoms with van der Waals surface area (Å²) in [7, 11) is 0. The quantitative estimate of drug-likeness (QED) is 0.139. The summed E-state index contributed by atoms with van der Waals surface area (Å²) in [6.07, 6.45) is 1.65. The summed E-state index contributed by atoms with van der Waals surface area (Å²) in [5, 5.41) is 12.3. The molecule has 5 heteroatoms. The van der Waals surface area contributed by atoms with Gasteiger partial charge in [0.15, 0.2) is 0 Å². The van der Waals surface area contributed by atoms with Gasteiger partial charge in [-0.15, -0.1) is 29.3 Å². The number of fused-ring (bicyclic) bond motifs is 1. The van der Waals surface area contributed by atoms with Gasteiger partial charge in [0.25, 0.3) is 0 Å². The molecule has 8 rings (SSSR count). The molecule has 0 radical (unpaired) electrons. The van der Waals surface area contributed by atoms with Crippen LogP contribution in [0.5, 0.6) is 5.75 Å². The van der Waals surface area contributed by atoms with E-state index in [2.05, 4.69) is 77.3 Å². The van der Waals surface area contributed by atoms with Crippen molar-refractivity contribution in [2.45, 2.75) is 131 Å². The van der Waals surface area contributed by atoms with Crippen molar-refractivity contribution < 1.29 is 41.3 Å². The average Bonchev–Trinajstić information content (AvgIpc) is 3.90. The van der Waals surface area contributed by atoms with E-state index in [4.69, 9.17) is 25.0 Å². The van der Waals surface area contributed by atoms with Crippen LogP contribution < -0.4 is 0 Å². The van der Waals surface area contributed by atoms with Crippen molar-refractivity contribution in [3.63, 3.8) is 0 Å². The van der Waals surface area contributed by atoms with Crippen LogP contribution in [0.15, 0.2) is 128 Å². The Morgan fingerprint density at radius 3 is 1.84 bits per heavy atom. The topological polar surface area (TPSA) is 50.9 Å². The number of hydrogen-bond donors (Lipinski definition) is 1. The Kier molecular flexibility index (Phi) is 10.5. The maximum absolute atomic E-state index is 12.3. The second-order valence-corrected chi connectivity index (χ2v) is 19.7. The zero-order chi connectivity index (χ0) is 56.7. The number of phenols is 1. The van der Waals surface area contributed by atoms with Crippen molar-refractivity contribution in [2.75, 3.05) is 0 Å². The standard InChI is InChI=1S/C62H68N3O.Pt/c1-37(2)44-34-53(40(7)8)59(66)54(35-44)60-64-58-52(19-16-20-56(58)65(60)49-27-23-42(24-28-49)57-50(38(3)4)17-15-18-51(57)39(5)6)45-31-46(33-48(32-45)62(12,13)14)55-36-43(29-30-63-55)41-21-25-47(26-22-41)61(9,10)11;/h15-30,32-40,66H,1-14H3;/q-1;/i9D3,10D3,11D3,38D,39D;. The SMILES string of the molecule is [2H]C(C)(C)c1cccc(C([2H])(C)C)c1-c1ccc(-n2c(-c3cc(C(C)C)cc(C(C)C)c3O)nc3c(-c4[c-]c(-c5cc(-c6ccc(C(C([2H])([2H])[2H])(C([2H])([2H])[2H])C([2H])([2H])[2H])cc6)ccn5)cc(C(C)(C)C)c4)cccc32)cc1.[Pt]. The third kappa shape index (κ3) is 9.89. The van der Waals surface area contributed by atoms with E-state index in [0.29, 0.717) is 39.3 Å². The summed E-state index contributed by atoms with van der Waals surface area (Å²) >= 11 is 0. The van der Waals surface area contributed by atoms with Gasteiger partial charge >= 0.3 is 0 Å². The molecular weight excluding hydrogens is 998 g/mol. The van der Waals surface area contributed by atoms with E-state index in [0.717, 1.165) is 61.3 Å². The smallest absolute Gasteiger partial charge is 0.148 e. The fraction of sp³-hybridized carbons (Fsp3) is 0.323. The zero-order valence-corrected chi connectivity index (χ0v) is 42.7. The first-order valence-corrected chi connectivity index (χ1v) is 22.8. The summed E-state index contributed by atoms with van der Waals surface area (Å²) in [4.78, 5) is 10.3. The predicted molar refractivity (Wildman–Crippen MR) is 280 cm³/mol. The summed E-state index contributed by atoms with van der Waals surface area (Å²) in [6.45, 7) is 12.1. The fourth-order valence-electron chi connectivity index (χ4n) is 8.81. The van der Waals surface area contributed by atoms with Gasteiger partial charge in [0.05, 0.1) is 16.6 Å². The second-order valence-electron chi connectivity index (χ2n) is 19.7. The second kappa shape index (κ2) is 19.2. The zero-order valence-electron chi connectivity index (χ0n) is 51.4. The maximum atomic E-state index is 12.3. The Bertz CT molecular complexity index is 3430. The summed E-state index contributed by atoms with van der Waals surface area (Å²) in [6, 6.07) is 41.3. The maximum Gasteiger partial charge on any atom is 0.148 e. The monoisotopic (exact) mass is 1080 g/mol. The van der Waals surface area contributed by atoms with Crippen LogP contribution in [0.4, 0.5) is 0 Å². The van der Waals surface area contributed by atoms with Crippen molar-refractivity contribution in [3.05, 3.63) is 167 Å². The van der Waals surface area contributed by atoms with Gasteiger partial charge in [-0.05, 0) is 115 Å². The number of pyridine rings is 1. The van der Waals surface area contributed by atoms with Crippen LogP contribution in [0.3, 0.4) is 0 Å². The van der Waals surface area contributed by atoms with E-state index in [1.165, 1.54) is 12.1 Å². The molecule has 1 N–H and O–H groups in total. The first-order valence-electron chi connectivity index (χ1n) is 28.3. The predicted octanol–water partition coefficient (Wildman–Crippen LogP) is 17.3. The Morgan fingerprint density at radius 2 is 1.24 bits per heavy atom. The van der Waals surface area contributed by atoms with Gasteiger partial charge < -0.3 is 5.11 Å². The van der Waals surface area contributed by atoms with Gasteiger partial charge in [0.2, 0.25) is 0 Å². The molecule has 0 fully saturated rings. The fourth-order valence-corrected chi connectivity index (χ4v) is 8.81. The Labute approximate surface area is 430 Å². The van der Waals surface area contributed by atoms with E-state index in [1.807, 2.05) is 100 Å².